The molecule has 0 saturated carbocycles. The van der Waals surface area contributed by atoms with E-state index in [0.717, 1.165) is 10.5 Å². The van der Waals surface area contributed by atoms with Crippen LogP contribution in [-0.4, -0.2) is 49.2 Å². The fraction of sp³-hybridized carbons (Fsp3) is 0.320. The first-order chi connectivity index (χ1) is 15.3. The Morgan fingerprint density at radius 2 is 1.75 bits per heavy atom. The van der Waals surface area contributed by atoms with Gasteiger partial charge >= 0.3 is 5.97 Å². The number of carbonyl (C=O) groups is 3. The number of hydrogen-bond acceptors (Lipinski definition) is 7. The first kappa shape index (κ1) is 22.3. The minimum Gasteiger partial charge on any atom is -0.496 e. The third-order valence-electron chi connectivity index (χ3n) is 5.78. The van der Waals surface area contributed by atoms with E-state index in [1.54, 1.807) is 25.1 Å². The zero-order chi connectivity index (χ0) is 23.0. The molecule has 32 heavy (non-hydrogen) atoms. The van der Waals surface area contributed by atoms with E-state index in [9.17, 15) is 14.4 Å². The fourth-order valence-corrected chi connectivity index (χ4v) is 5.47. The molecule has 0 spiro atoms. The minimum atomic E-state index is -0.649. The summed E-state index contributed by atoms with van der Waals surface area (Å²) in [6, 6.07) is 12.9. The Hall–Kier alpha value is -2.90. The highest BCUT2D eigenvalue weighted by atomic mass is 32.2. The summed E-state index contributed by atoms with van der Waals surface area (Å²) >= 11 is 1.42. The number of Topliss-reactive ketones (excluding diaryl/α,β-unsaturated/α-hetero) is 2. The number of hydrogen-bond donors (Lipinski definition) is 0. The zero-order valence-electron chi connectivity index (χ0n) is 18.3. The number of fused-ring (bicyclic) bond motifs is 1. The van der Waals surface area contributed by atoms with Gasteiger partial charge in [0.05, 0.1) is 43.7 Å². The van der Waals surface area contributed by atoms with Gasteiger partial charge in [-0.3, -0.25) is 14.4 Å². The van der Waals surface area contributed by atoms with Crippen LogP contribution in [0.4, 0.5) is 0 Å². The van der Waals surface area contributed by atoms with Crippen LogP contribution in [0.2, 0.25) is 0 Å². The molecule has 1 aliphatic heterocycles. The molecule has 0 N–H and O–H groups in total. The number of rotatable bonds is 5. The molecule has 2 aliphatic rings. The molecule has 7 heteroatoms. The Labute approximate surface area is 190 Å². The molecule has 0 unspecified atom stereocenters. The molecule has 0 amide bonds. The molecule has 0 fully saturated rings. The average Bonchev–Trinajstić information content (AvgIpc) is 2.79. The van der Waals surface area contributed by atoms with Gasteiger partial charge in [-0.2, -0.15) is 0 Å². The molecule has 1 heterocycles. The lowest BCUT2D eigenvalue weighted by Crippen LogP contribution is -2.46. The molecule has 2 aromatic carbocycles. The second-order valence-electron chi connectivity index (χ2n) is 7.82. The van der Waals surface area contributed by atoms with Crippen molar-refractivity contribution in [1.82, 2.24) is 0 Å². The van der Waals surface area contributed by atoms with Crippen molar-refractivity contribution in [1.29, 1.82) is 0 Å². The molecule has 6 nitrogen and oxygen atoms in total. The van der Waals surface area contributed by atoms with Crippen molar-refractivity contribution in [2.75, 3.05) is 14.2 Å². The summed E-state index contributed by atoms with van der Waals surface area (Å²) in [4.78, 5) is 40.3. The highest BCUT2D eigenvalue weighted by molar-refractivity contribution is 8.00. The number of thioether (sulfide) groups is 1. The Morgan fingerprint density at radius 3 is 2.41 bits per heavy atom. The van der Waals surface area contributed by atoms with Crippen molar-refractivity contribution < 1.29 is 28.6 Å². The lowest BCUT2D eigenvalue weighted by atomic mass is 9.77. The lowest BCUT2D eigenvalue weighted by Gasteiger charge is -2.39. The van der Waals surface area contributed by atoms with Gasteiger partial charge in [0.15, 0.2) is 11.6 Å². The van der Waals surface area contributed by atoms with Gasteiger partial charge in [-0.05, 0) is 32.0 Å². The maximum absolute atomic E-state index is 13.7. The number of ether oxygens (including phenoxy) is 3. The molecule has 1 aliphatic carbocycles. The molecule has 0 bridgehead atoms. The molecule has 166 valence electrons. The minimum absolute atomic E-state index is 0.0203. The summed E-state index contributed by atoms with van der Waals surface area (Å²) in [5, 5.41) is -0.543. The highest BCUT2D eigenvalue weighted by Crippen LogP contribution is 2.45. The molecular weight excluding hydrogens is 428 g/mol. The summed E-state index contributed by atoms with van der Waals surface area (Å²) in [6.45, 7) is 3.73. The quantitative estimate of drug-likeness (QED) is 0.630. The molecule has 3 atom stereocenters. The largest absolute Gasteiger partial charge is 0.496 e. The van der Waals surface area contributed by atoms with Crippen LogP contribution in [0.25, 0.3) is 0 Å². The van der Waals surface area contributed by atoms with E-state index < -0.39 is 23.4 Å². The number of ketones is 2. The van der Waals surface area contributed by atoms with Crippen molar-refractivity contribution in [3.63, 3.8) is 0 Å². The van der Waals surface area contributed by atoms with Crippen molar-refractivity contribution in [3.8, 4) is 5.75 Å². The van der Waals surface area contributed by atoms with Crippen LogP contribution >= 0.6 is 11.8 Å². The molecule has 0 radical (unpaired) electrons. The molecule has 0 aromatic heterocycles. The van der Waals surface area contributed by atoms with Crippen LogP contribution in [0, 0.1) is 6.92 Å². The van der Waals surface area contributed by atoms with E-state index >= 15 is 0 Å². The Bertz CT molecular complexity index is 1120. The number of benzene rings is 2. The molecule has 4 rings (SSSR count). The van der Waals surface area contributed by atoms with Gasteiger partial charge in [-0.15, -0.1) is 11.8 Å². The predicted octanol–water partition coefficient (Wildman–Crippen LogP) is 4.19. The van der Waals surface area contributed by atoms with Gasteiger partial charge in [-0.25, -0.2) is 0 Å². The Morgan fingerprint density at radius 1 is 1.03 bits per heavy atom. The van der Waals surface area contributed by atoms with E-state index in [1.165, 1.54) is 26.0 Å². The van der Waals surface area contributed by atoms with Crippen LogP contribution in [-0.2, 0) is 14.3 Å². The third-order valence-corrected chi connectivity index (χ3v) is 7.12. The van der Waals surface area contributed by atoms with Crippen LogP contribution < -0.4 is 4.74 Å². The topological polar surface area (TPSA) is 78.9 Å². The van der Waals surface area contributed by atoms with Gasteiger partial charge in [-0.1, -0.05) is 29.8 Å². The number of methoxy groups -OCH3 is 2. The van der Waals surface area contributed by atoms with Gasteiger partial charge in [0.2, 0.25) is 0 Å². The summed E-state index contributed by atoms with van der Waals surface area (Å²) in [5.74, 6) is -0.579. The van der Waals surface area contributed by atoms with Gasteiger partial charge in [0.1, 0.15) is 5.75 Å². The summed E-state index contributed by atoms with van der Waals surface area (Å²) < 4.78 is 16.4. The van der Waals surface area contributed by atoms with Crippen molar-refractivity contribution in [3.05, 3.63) is 70.3 Å². The van der Waals surface area contributed by atoms with Crippen molar-refractivity contribution in [2.24, 2.45) is 0 Å². The van der Waals surface area contributed by atoms with Gasteiger partial charge in [0, 0.05) is 21.6 Å². The predicted molar refractivity (Wildman–Crippen MR) is 120 cm³/mol. The Balaban J connectivity index is 1.85. The Kier molecular flexibility index (Phi) is 6.22. The number of carbonyl (C=O) groups excluding carboxylic acids is 3. The van der Waals surface area contributed by atoms with Crippen LogP contribution in [0.5, 0.6) is 5.75 Å². The smallest absolute Gasteiger partial charge is 0.308 e. The van der Waals surface area contributed by atoms with E-state index in [0.29, 0.717) is 22.5 Å². The SMILES string of the molecule is COC(=O)C[C@H]1O[C@@H](C)C2=C(C(=O)c3cccc(OC)c3C2=O)[C@H]1Sc1ccc(C)cc1. The maximum Gasteiger partial charge on any atom is 0.308 e. The number of esters is 1. The van der Waals surface area contributed by atoms with Crippen molar-refractivity contribution >= 4 is 29.3 Å². The standard InChI is InChI=1S/C25H24O6S/c1-13-8-10-15(11-9-13)32-25-18(12-19(26)30-4)31-14(2)20-22(25)23(27)16-6-5-7-17(29-3)21(16)24(20)28/h5-11,14,18,25H,12H2,1-4H3/t14-,18+,25-/m0/s1. The van der Waals surface area contributed by atoms with E-state index in [-0.39, 0.29) is 23.6 Å². The first-order valence-corrected chi connectivity index (χ1v) is 11.2. The average molecular weight is 453 g/mol. The monoisotopic (exact) mass is 452 g/mol. The zero-order valence-corrected chi connectivity index (χ0v) is 19.2. The van der Waals surface area contributed by atoms with E-state index in [2.05, 4.69) is 0 Å². The summed E-state index contributed by atoms with van der Waals surface area (Å²) in [7, 11) is 2.79. The lowest BCUT2D eigenvalue weighted by molar-refractivity contribution is -0.144. The molecule has 0 saturated heterocycles. The number of aryl methyl sites for hydroxylation is 1. The summed E-state index contributed by atoms with van der Waals surface area (Å²) in [5.41, 5.74) is 2.42. The van der Waals surface area contributed by atoms with Gasteiger partial charge < -0.3 is 14.2 Å². The second-order valence-corrected chi connectivity index (χ2v) is 9.03. The molecular formula is C25H24O6S. The fourth-order valence-electron chi connectivity index (χ4n) is 4.22. The summed E-state index contributed by atoms with van der Waals surface area (Å²) in [6.07, 6.45) is -1.29. The van der Waals surface area contributed by atoms with Crippen molar-refractivity contribution in [2.45, 2.75) is 42.6 Å². The second kappa shape index (κ2) is 8.92. The van der Waals surface area contributed by atoms with Crippen LogP contribution in [0.15, 0.2) is 58.5 Å². The van der Waals surface area contributed by atoms with Crippen LogP contribution in [0.1, 0.15) is 39.6 Å². The molecule has 2 aromatic rings. The highest BCUT2D eigenvalue weighted by Gasteiger charge is 2.47. The van der Waals surface area contributed by atoms with Gasteiger partial charge in [0.25, 0.3) is 0 Å². The van der Waals surface area contributed by atoms with E-state index in [4.69, 9.17) is 14.2 Å². The maximum atomic E-state index is 13.7. The third kappa shape index (κ3) is 3.87. The van der Waals surface area contributed by atoms with Crippen LogP contribution in [0.3, 0.4) is 0 Å². The van der Waals surface area contributed by atoms with E-state index in [1.807, 2.05) is 31.2 Å². The normalized spacial score (nSPS) is 22.3. The first-order valence-electron chi connectivity index (χ1n) is 10.3.